The number of benzene rings is 1. The molecule has 0 radical (unpaired) electrons. The van der Waals surface area contributed by atoms with Gasteiger partial charge in [0.25, 0.3) is 0 Å². The summed E-state index contributed by atoms with van der Waals surface area (Å²) in [7, 11) is 0. The van der Waals surface area contributed by atoms with Crippen molar-refractivity contribution in [1.29, 1.82) is 0 Å². The highest BCUT2D eigenvalue weighted by Crippen LogP contribution is 2.33. The van der Waals surface area contributed by atoms with Gasteiger partial charge in [0.05, 0.1) is 20.8 Å². The minimum Gasteiger partial charge on any atom is -0.368 e. The summed E-state index contributed by atoms with van der Waals surface area (Å²) < 4.78 is 0. The predicted octanol–water partition coefficient (Wildman–Crippen LogP) is 4.07. The molecule has 2 rings (SSSR count). The molecule has 0 atom stereocenters. The molecule has 0 saturated heterocycles. The molecule has 2 aromatic rings. The summed E-state index contributed by atoms with van der Waals surface area (Å²) in [6.07, 6.45) is 0. The Hall–Kier alpha value is -1.23. The molecule has 0 unspecified atom stereocenters. The third kappa shape index (κ3) is 2.96. The van der Waals surface area contributed by atoms with E-state index in [4.69, 9.17) is 40.5 Å². The molecule has 0 fully saturated rings. The van der Waals surface area contributed by atoms with E-state index >= 15 is 0 Å². The summed E-state index contributed by atoms with van der Waals surface area (Å²) in [6.45, 7) is 1.82. The van der Waals surface area contributed by atoms with Crippen molar-refractivity contribution < 1.29 is 0 Å². The number of halogens is 3. The molecule has 3 N–H and O–H groups in total. The fourth-order valence-corrected chi connectivity index (χ4v) is 2.01. The van der Waals surface area contributed by atoms with Gasteiger partial charge in [-0.25, -0.2) is 4.98 Å². The Balaban J connectivity index is 2.36. The molecule has 1 aromatic carbocycles. The molecule has 0 aliphatic heterocycles. The molecule has 7 heteroatoms. The van der Waals surface area contributed by atoms with E-state index < -0.39 is 0 Å². The highest BCUT2D eigenvalue weighted by Gasteiger charge is 2.07. The van der Waals surface area contributed by atoms with Crippen molar-refractivity contribution in [1.82, 2.24) is 9.97 Å². The minimum absolute atomic E-state index is 0.189. The van der Waals surface area contributed by atoms with Crippen molar-refractivity contribution in [3.63, 3.8) is 0 Å². The van der Waals surface area contributed by atoms with Gasteiger partial charge in [0.15, 0.2) is 0 Å². The average Bonchev–Trinajstić information content (AvgIpc) is 2.24. The summed E-state index contributed by atoms with van der Waals surface area (Å²) in [5, 5.41) is 4.26. The van der Waals surface area contributed by atoms with Crippen molar-refractivity contribution >= 4 is 52.3 Å². The molecule has 0 amide bonds. The Labute approximate surface area is 119 Å². The topological polar surface area (TPSA) is 63.8 Å². The molecule has 0 aliphatic rings. The van der Waals surface area contributed by atoms with E-state index in [1.165, 1.54) is 0 Å². The highest BCUT2D eigenvalue weighted by molar-refractivity contribution is 6.44. The number of anilines is 3. The van der Waals surface area contributed by atoms with Crippen LogP contribution in [0.5, 0.6) is 0 Å². The standard InChI is InChI=1S/C11H9Cl3N4/c1-5-2-10(18-11(15)16-5)17-9-4-7(13)6(12)3-8(9)14/h2-4H,1H3,(H3,15,16,17,18). The van der Waals surface area contributed by atoms with E-state index in [1.54, 1.807) is 18.2 Å². The van der Waals surface area contributed by atoms with Gasteiger partial charge in [-0.05, 0) is 19.1 Å². The minimum atomic E-state index is 0.189. The number of aromatic nitrogens is 2. The Kier molecular flexibility index (Phi) is 3.80. The van der Waals surface area contributed by atoms with Crippen LogP contribution in [0.15, 0.2) is 18.2 Å². The van der Waals surface area contributed by atoms with Crippen molar-refractivity contribution in [2.45, 2.75) is 6.92 Å². The maximum atomic E-state index is 6.05. The van der Waals surface area contributed by atoms with Crippen LogP contribution in [0.25, 0.3) is 0 Å². The van der Waals surface area contributed by atoms with Gasteiger partial charge >= 0.3 is 0 Å². The lowest BCUT2D eigenvalue weighted by molar-refractivity contribution is 1.12. The second-order valence-corrected chi connectivity index (χ2v) is 4.85. The molecule has 0 bridgehead atoms. The first-order valence-corrected chi connectivity index (χ1v) is 6.12. The average molecular weight is 304 g/mol. The first kappa shape index (κ1) is 13.2. The first-order valence-electron chi connectivity index (χ1n) is 4.98. The monoisotopic (exact) mass is 302 g/mol. The van der Waals surface area contributed by atoms with Crippen LogP contribution in [0.2, 0.25) is 15.1 Å². The maximum Gasteiger partial charge on any atom is 0.222 e. The van der Waals surface area contributed by atoms with E-state index in [0.29, 0.717) is 26.6 Å². The second kappa shape index (κ2) is 5.18. The zero-order valence-corrected chi connectivity index (χ0v) is 11.6. The van der Waals surface area contributed by atoms with Gasteiger partial charge < -0.3 is 11.1 Å². The van der Waals surface area contributed by atoms with Crippen LogP contribution in [-0.2, 0) is 0 Å². The lowest BCUT2D eigenvalue weighted by Crippen LogP contribution is -2.01. The van der Waals surface area contributed by atoms with Gasteiger partial charge in [-0.15, -0.1) is 0 Å². The van der Waals surface area contributed by atoms with Crippen LogP contribution in [0.4, 0.5) is 17.5 Å². The molecular formula is C11H9Cl3N4. The smallest absolute Gasteiger partial charge is 0.222 e. The van der Waals surface area contributed by atoms with Gasteiger partial charge in [0.2, 0.25) is 5.95 Å². The van der Waals surface area contributed by atoms with Crippen molar-refractivity contribution in [2.75, 3.05) is 11.1 Å². The van der Waals surface area contributed by atoms with Gasteiger partial charge in [-0.1, -0.05) is 34.8 Å². The maximum absolute atomic E-state index is 6.05. The van der Waals surface area contributed by atoms with Crippen molar-refractivity contribution in [2.24, 2.45) is 0 Å². The molecule has 0 aliphatic carbocycles. The fourth-order valence-electron chi connectivity index (χ4n) is 1.41. The number of nitrogens with zero attached hydrogens (tertiary/aromatic N) is 2. The van der Waals surface area contributed by atoms with Crippen LogP contribution in [0.3, 0.4) is 0 Å². The summed E-state index contributed by atoms with van der Waals surface area (Å²) in [4.78, 5) is 8.02. The Morgan fingerprint density at radius 1 is 1.00 bits per heavy atom. The lowest BCUT2D eigenvalue weighted by atomic mass is 10.3. The van der Waals surface area contributed by atoms with Gasteiger partial charge in [0, 0.05) is 11.8 Å². The number of aryl methyl sites for hydroxylation is 1. The molecule has 0 saturated carbocycles. The molecule has 1 heterocycles. The molecular weight excluding hydrogens is 295 g/mol. The Morgan fingerprint density at radius 3 is 2.33 bits per heavy atom. The van der Waals surface area contributed by atoms with Crippen LogP contribution in [0.1, 0.15) is 5.69 Å². The van der Waals surface area contributed by atoms with Crippen LogP contribution in [0, 0.1) is 6.92 Å². The molecule has 4 nitrogen and oxygen atoms in total. The fraction of sp³-hybridized carbons (Fsp3) is 0.0909. The quantitative estimate of drug-likeness (QED) is 0.821. The van der Waals surface area contributed by atoms with Crippen molar-refractivity contribution in [3.05, 3.63) is 39.0 Å². The zero-order chi connectivity index (χ0) is 13.3. The van der Waals surface area contributed by atoms with E-state index in [-0.39, 0.29) is 5.95 Å². The lowest BCUT2D eigenvalue weighted by Gasteiger charge is -2.09. The molecule has 0 spiro atoms. The zero-order valence-electron chi connectivity index (χ0n) is 9.34. The third-order valence-corrected chi connectivity index (χ3v) is 3.18. The van der Waals surface area contributed by atoms with Gasteiger partial charge in [-0.3, -0.25) is 0 Å². The van der Waals surface area contributed by atoms with E-state index in [0.717, 1.165) is 5.69 Å². The molecule has 94 valence electrons. The van der Waals surface area contributed by atoms with Gasteiger partial charge in [0.1, 0.15) is 5.82 Å². The summed E-state index contributed by atoms with van der Waals surface area (Å²) in [5.74, 6) is 0.731. The number of nitrogens with one attached hydrogen (secondary N) is 1. The number of nitrogens with two attached hydrogens (primary N) is 1. The van der Waals surface area contributed by atoms with E-state index in [2.05, 4.69) is 15.3 Å². The highest BCUT2D eigenvalue weighted by atomic mass is 35.5. The Morgan fingerprint density at radius 2 is 1.67 bits per heavy atom. The van der Waals surface area contributed by atoms with Crippen LogP contribution in [-0.4, -0.2) is 9.97 Å². The molecule has 18 heavy (non-hydrogen) atoms. The summed E-state index contributed by atoms with van der Waals surface area (Å²) in [6, 6.07) is 4.93. The number of rotatable bonds is 2. The Bertz CT molecular complexity index is 581. The SMILES string of the molecule is Cc1cc(Nc2cc(Cl)c(Cl)cc2Cl)nc(N)n1. The number of hydrogen-bond acceptors (Lipinski definition) is 4. The predicted molar refractivity (Wildman–Crippen MR) is 75.9 cm³/mol. The largest absolute Gasteiger partial charge is 0.368 e. The second-order valence-electron chi connectivity index (χ2n) is 3.62. The normalized spacial score (nSPS) is 10.4. The van der Waals surface area contributed by atoms with Crippen LogP contribution >= 0.6 is 34.8 Å². The van der Waals surface area contributed by atoms with Crippen molar-refractivity contribution in [3.8, 4) is 0 Å². The summed E-state index contributed by atoms with van der Waals surface area (Å²) >= 11 is 17.8. The van der Waals surface area contributed by atoms with E-state index in [1.807, 2.05) is 6.92 Å². The molecule has 1 aromatic heterocycles. The first-order chi connectivity index (χ1) is 8.45. The van der Waals surface area contributed by atoms with Gasteiger partial charge in [-0.2, -0.15) is 4.98 Å². The van der Waals surface area contributed by atoms with Crippen LogP contribution < -0.4 is 11.1 Å². The number of nitrogen functional groups attached to an aromatic ring is 1. The summed E-state index contributed by atoms with van der Waals surface area (Å²) in [5.41, 5.74) is 6.91. The third-order valence-electron chi connectivity index (χ3n) is 2.14. The number of hydrogen-bond donors (Lipinski definition) is 2. The van der Waals surface area contributed by atoms with E-state index in [9.17, 15) is 0 Å².